The Morgan fingerprint density at radius 3 is 2.46 bits per heavy atom. The number of rotatable bonds is 7. The van der Waals surface area contributed by atoms with E-state index in [0.29, 0.717) is 6.54 Å². The maximum absolute atomic E-state index is 12.2. The van der Waals surface area contributed by atoms with Gasteiger partial charge in [-0.1, -0.05) is 43.3 Å². The highest BCUT2D eigenvalue weighted by Crippen LogP contribution is 2.18. The number of amides is 1. The quantitative estimate of drug-likeness (QED) is 0.586. The number of nitro benzene ring substituents is 1. The summed E-state index contributed by atoms with van der Waals surface area (Å²) >= 11 is 0. The van der Waals surface area contributed by atoms with Gasteiger partial charge in [0.15, 0.2) is 0 Å². The number of hydrogen-bond donors (Lipinski definition) is 1. The number of piperidine rings is 1. The number of likely N-dealkylation sites (tertiary alicyclic amines) is 1. The molecule has 6 nitrogen and oxygen atoms in total. The van der Waals surface area contributed by atoms with Gasteiger partial charge in [0.1, 0.15) is 0 Å². The van der Waals surface area contributed by atoms with Crippen molar-refractivity contribution in [3.8, 4) is 0 Å². The van der Waals surface area contributed by atoms with E-state index in [-0.39, 0.29) is 18.0 Å². The summed E-state index contributed by atoms with van der Waals surface area (Å²) in [5.74, 6) is 0.734. The summed E-state index contributed by atoms with van der Waals surface area (Å²) in [7, 11) is 0. The van der Waals surface area contributed by atoms with Crippen LogP contribution in [0.15, 0.2) is 48.5 Å². The van der Waals surface area contributed by atoms with Crippen molar-refractivity contribution < 1.29 is 9.72 Å². The van der Waals surface area contributed by atoms with Crippen molar-refractivity contribution in [2.24, 2.45) is 5.92 Å². The summed E-state index contributed by atoms with van der Waals surface area (Å²) in [6.07, 6.45) is 2.74. The number of nitrogens with zero attached hydrogens (tertiary/aromatic N) is 2. The van der Waals surface area contributed by atoms with Crippen molar-refractivity contribution in [2.75, 3.05) is 13.1 Å². The second-order valence-electron chi connectivity index (χ2n) is 7.66. The molecule has 6 heteroatoms. The normalized spacial score (nSPS) is 15.3. The molecule has 1 fully saturated rings. The molecule has 148 valence electrons. The lowest BCUT2D eigenvalue weighted by atomic mass is 9.98. The summed E-state index contributed by atoms with van der Waals surface area (Å²) in [6.45, 7) is 6.06. The maximum Gasteiger partial charge on any atom is 0.269 e. The smallest absolute Gasteiger partial charge is 0.269 e. The van der Waals surface area contributed by atoms with E-state index in [1.54, 1.807) is 12.1 Å². The van der Waals surface area contributed by atoms with E-state index in [4.69, 9.17) is 0 Å². The molecule has 0 atom stereocenters. The van der Waals surface area contributed by atoms with Crippen molar-refractivity contribution in [1.29, 1.82) is 0 Å². The summed E-state index contributed by atoms with van der Waals surface area (Å²) in [5, 5.41) is 13.6. The zero-order chi connectivity index (χ0) is 19.9. The first kappa shape index (κ1) is 20.0. The number of hydrogen-bond acceptors (Lipinski definition) is 4. The standard InChI is InChI=1S/C22H27N3O3/c1-17-9-11-24(12-10-17)16-20-4-2-3-19(13-20)15-23-22(26)14-18-5-7-21(8-6-18)25(27)28/h2-8,13,17H,9-12,14-16H2,1H3,(H,23,26). The molecule has 0 aromatic heterocycles. The van der Waals surface area contributed by atoms with E-state index in [0.717, 1.165) is 36.7 Å². The van der Waals surface area contributed by atoms with Gasteiger partial charge < -0.3 is 5.32 Å². The van der Waals surface area contributed by atoms with Gasteiger partial charge in [-0.3, -0.25) is 19.8 Å². The highest BCUT2D eigenvalue weighted by atomic mass is 16.6. The van der Waals surface area contributed by atoms with E-state index in [1.807, 2.05) is 12.1 Å². The lowest BCUT2D eigenvalue weighted by molar-refractivity contribution is -0.384. The van der Waals surface area contributed by atoms with Crippen LogP contribution >= 0.6 is 0 Å². The fourth-order valence-electron chi connectivity index (χ4n) is 3.50. The second-order valence-corrected chi connectivity index (χ2v) is 7.66. The lowest BCUT2D eigenvalue weighted by Crippen LogP contribution is -2.32. The lowest BCUT2D eigenvalue weighted by Gasteiger charge is -2.30. The summed E-state index contributed by atoms with van der Waals surface area (Å²) in [6, 6.07) is 14.5. The van der Waals surface area contributed by atoms with Crippen molar-refractivity contribution >= 4 is 11.6 Å². The van der Waals surface area contributed by atoms with Crippen molar-refractivity contribution in [2.45, 2.75) is 39.3 Å². The van der Waals surface area contributed by atoms with Crippen molar-refractivity contribution in [3.63, 3.8) is 0 Å². The fraction of sp³-hybridized carbons (Fsp3) is 0.409. The molecular formula is C22H27N3O3. The van der Waals surface area contributed by atoms with Crippen LogP contribution in [0, 0.1) is 16.0 Å². The largest absolute Gasteiger partial charge is 0.352 e. The predicted octanol–water partition coefficient (Wildman–Crippen LogP) is 3.69. The van der Waals surface area contributed by atoms with Gasteiger partial charge in [-0.2, -0.15) is 0 Å². The molecule has 1 heterocycles. The first-order valence-electron chi connectivity index (χ1n) is 9.80. The molecule has 0 unspecified atom stereocenters. The SMILES string of the molecule is CC1CCN(Cc2cccc(CNC(=O)Cc3ccc([N+](=O)[O-])cc3)c2)CC1. The number of non-ortho nitro benzene ring substituents is 1. The molecule has 0 bridgehead atoms. The van der Waals surface area contributed by atoms with Crippen LogP contribution < -0.4 is 5.32 Å². The van der Waals surface area contributed by atoms with Gasteiger partial charge in [0.2, 0.25) is 5.91 Å². The zero-order valence-corrected chi connectivity index (χ0v) is 16.3. The number of nitrogens with one attached hydrogen (secondary N) is 1. The first-order chi connectivity index (χ1) is 13.5. The van der Waals surface area contributed by atoms with E-state index in [2.05, 4.69) is 29.3 Å². The Balaban J connectivity index is 1.48. The van der Waals surface area contributed by atoms with Gasteiger partial charge in [0.05, 0.1) is 11.3 Å². The molecule has 1 aliphatic heterocycles. The second kappa shape index (κ2) is 9.46. The van der Waals surface area contributed by atoms with Gasteiger partial charge in [0, 0.05) is 25.2 Å². The van der Waals surface area contributed by atoms with Crippen molar-refractivity contribution in [1.82, 2.24) is 10.2 Å². The molecule has 1 amide bonds. The fourth-order valence-corrected chi connectivity index (χ4v) is 3.50. The number of nitro groups is 1. The molecule has 2 aromatic rings. The average molecular weight is 381 g/mol. The molecule has 0 spiro atoms. The highest BCUT2D eigenvalue weighted by Gasteiger charge is 2.15. The van der Waals surface area contributed by atoms with Crippen LogP contribution in [-0.4, -0.2) is 28.8 Å². The van der Waals surface area contributed by atoms with E-state index in [9.17, 15) is 14.9 Å². The van der Waals surface area contributed by atoms with Crippen LogP contribution in [0.2, 0.25) is 0 Å². The van der Waals surface area contributed by atoms with Crippen molar-refractivity contribution in [3.05, 3.63) is 75.3 Å². The Bertz CT molecular complexity index is 812. The Hall–Kier alpha value is -2.73. The molecule has 2 aromatic carbocycles. The number of benzene rings is 2. The van der Waals surface area contributed by atoms with Crippen LogP contribution in [-0.2, 0) is 24.3 Å². The van der Waals surface area contributed by atoms with Crippen LogP contribution in [0.4, 0.5) is 5.69 Å². The third-order valence-electron chi connectivity index (χ3n) is 5.28. The summed E-state index contributed by atoms with van der Waals surface area (Å²) in [5.41, 5.74) is 3.15. The Morgan fingerprint density at radius 2 is 1.79 bits per heavy atom. The van der Waals surface area contributed by atoms with Gasteiger partial charge in [-0.25, -0.2) is 0 Å². The number of carbonyl (C=O) groups is 1. The molecule has 1 aliphatic rings. The highest BCUT2D eigenvalue weighted by molar-refractivity contribution is 5.78. The maximum atomic E-state index is 12.2. The summed E-state index contributed by atoms with van der Waals surface area (Å²) in [4.78, 5) is 24.9. The summed E-state index contributed by atoms with van der Waals surface area (Å²) < 4.78 is 0. The third-order valence-corrected chi connectivity index (χ3v) is 5.28. The van der Waals surface area contributed by atoms with Crippen LogP contribution in [0.5, 0.6) is 0 Å². The van der Waals surface area contributed by atoms with Gasteiger partial charge in [-0.15, -0.1) is 0 Å². The average Bonchev–Trinajstić information content (AvgIpc) is 2.69. The molecule has 1 N–H and O–H groups in total. The van der Waals surface area contributed by atoms with E-state index in [1.165, 1.54) is 30.5 Å². The van der Waals surface area contributed by atoms with Crippen LogP contribution in [0.25, 0.3) is 0 Å². The molecule has 28 heavy (non-hydrogen) atoms. The predicted molar refractivity (Wildman–Crippen MR) is 109 cm³/mol. The van der Waals surface area contributed by atoms with Gasteiger partial charge in [-0.05, 0) is 48.5 Å². The Morgan fingerprint density at radius 1 is 1.11 bits per heavy atom. The molecule has 1 saturated heterocycles. The zero-order valence-electron chi connectivity index (χ0n) is 16.3. The topological polar surface area (TPSA) is 75.5 Å². The van der Waals surface area contributed by atoms with Crippen LogP contribution in [0.1, 0.15) is 36.5 Å². The van der Waals surface area contributed by atoms with E-state index >= 15 is 0 Å². The molecular weight excluding hydrogens is 354 g/mol. The van der Waals surface area contributed by atoms with E-state index < -0.39 is 4.92 Å². The van der Waals surface area contributed by atoms with Gasteiger partial charge in [0.25, 0.3) is 5.69 Å². The monoisotopic (exact) mass is 381 g/mol. The molecule has 3 rings (SSSR count). The van der Waals surface area contributed by atoms with Gasteiger partial charge >= 0.3 is 0 Å². The Kier molecular flexibility index (Phi) is 6.76. The molecule has 0 radical (unpaired) electrons. The minimum Gasteiger partial charge on any atom is -0.352 e. The third kappa shape index (κ3) is 5.89. The molecule has 0 saturated carbocycles. The Labute approximate surface area is 165 Å². The number of carbonyl (C=O) groups excluding carboxylic acids is 1. The minimum atomic E-state index is -0.443. The molecule has 0 aliphatic carbocycles. The minimum absolute atomic E-state index is 0.0316. The van der Waals surface area contributed by atoms with Crippen LogP contribution in [0.3, 0.4) is 0 Å². The first-order valence-corrected chi connectivity index (χ1v) is 9.80.